The van der Waals surface area contributed by atoms with E-state index >= 15 is 0 Å². The average molecular weight is 382 g/mol. The fraction of sp³-hybridized carbons (Fsp3) is 0.458. The molecule has 2 aromatic rings. The SMILES string of the molecule is COc1ccccc1[C@H](CCN=Cc1ccccc1O)[C@H]1CCOC(C)(C)C1. The molecule has 1 N–H and O–H groups in total. The van der Waals surface area contributed by atoms with Gasteiger partial charge in [-0.3, -0.25) is 4.99 Å². The van der Waals surface area contributed by atoms with E-state index in [0.717, 1.165) is 37.2 Å². The Morgan fingerprint density at radius 3 is 2.71 bits per heavy atom. The number of benzene rings is 2. The summed E-state index contributed by atoms with van der Waals surface area (Å²) in [6.45, 7) is 5.85. The topological polar surface area (TPSA) is 51.0 Å². The maximum Gasteiger partial charge on any atom is 0.124 e. The summed E-state index contributed by atoms with van der Waals surface area (Å²) in [7, 11) is 1.74. The normalized spacial score (nSPS) is 20.2. The molecule has 1 aliphatic rings. The zero-order valence-electron chi connectivity index (χ0n) is 17.1. The summed E-state index contributed by atoms with van der Waals surface area (Å²) in [6.07, 6.45) is 4.78. The van der Waals surface area contributed by atoms with Gasteiger partial charge in [0.2, 0.25) is 0 Å². The van der Waals surface area contributed by atoms with Crippen LogP contribution in [0.25, 0.3) is 0 Å². The quantitative estimate of drug-likeness (QED) is 0.671. The van der Waals surface area contributed by atoms with Crippen LogP contribution in [0.15, 0.2) is 53.5 Å². The van der Waals surface area contributed by atoms with E-state index < -0.39 is 0 Å². The number of rotatable bonds is 7. The highest BCUT2D eigenvalue weighted by Crippen LogP contribution is 2.42. The smallest absolute Gasteiger partial charge is 0.124 e. The number of methoxy groups -OCH3 is 1. The zero-order chi connectivity index (χ0) is 20.0. The lowest BCUT2D eigenvalue weighted by Gasteiger charge is -2.39. The van der Waals surface area contributed by atoms with Crippen molar-refractivity contribution in [2.75, 3.05) is 20.3 Å². The molecule has 1 fully saturated rings. The van der Waals surface area contributed by atoms with Crippen LogP contribution in [0.5, 0.6) is 11.5 Å². The van der Waals surface area contributed by atoms with Crippen LogP contribution in [0.1, 0.15) is 50.2 Å². The van der Waals surface area contributed by atoms with Gasteiger partial charge in [0.25, 0.3) is 0 Å². The Morgan fingerprint density at radius 2 is 1.96 bits per heavy atom. The molecule has 0 aromatic heterocycles. The maximum atomic E-state index is 9.91. The van der Waals surface area contributed by atoms with E-state index in [9.17, 15) is 5.11 Å². The van der Waals surface area contributed by atoms with E-state index in [0.29, 0.717) is 18.4 Å². The van der Waals surface area contributed by atoms with Gasteiger partial charge < -0.3 is 14.6 Å². The summed E-state index contributed by atoms with van der Waals surface area (Å²) in [5, 5.41) is 9.91. The van der Waals surface area contributed by atoms with Gasteiger partial charge in [-0.05, 0) is 68.7 Å². The standard InChI is InChI=1S/C24H31NO3/c1-24(2)16-18(13-15-28-24)20(21-9-5-7-11-23(21)27-3)12-14-25-17-19-8-4-6-10-22(19)26/h4-11,17-18,20,26H,12-16H2,1-3H3/t18-,20+/m0/s1. The van der Waals surface area contributed by atoms with Crippen molar-refractivity contribution in [1.29, 1.82) is 0 Å². The van der Waals surface area contributed by atoms with Gasteiger partial charge in [0.15, 0.2) is 0 Å². The van der Waals surface area contributed by atoms with Gasteiger partial charge in [-0.2, -0.15) is 0 Å². The zero-order valence-corrected chi connectivity index (χ0v) is 17.1. The third kappa shape index (κ3) is 5.14. The molecular formula is C24H31NO3. The summed E-state index contributed by atoms with van der Waals surface area (Å²) in [6, 6.07) is 15.6. The molecule has 1 aliphatic heterocycles. The minimum absolute atomic E-state index is 0.0950. The number of hydrogen-bond donors (Lipinski definition) is 1. The first-order valence-corrected chi connectivity index (χ1v) is 10.0. The number of nitrogens with zero attached hydrogens (tertiary/aromatic N) is 1. The first-order valence-electron chi connectivity index (χ1n) is 10.0. The van der Waals surface area contributed by atoms with Crippen molar-refractivity contribution in [1.82, 2.24) is 0 Å². The highest BCUT2D eigenvalue weighted by atomic mass is 16.5. The number of aromatic hydroxyl groups is 1. The number of para-hydroxylation sites is 2. The van der Waals surface area contributed by atoms with Crippen LogP contribution in [-0.4, -0.2) is 37.2 Å². The molecule has 2 aromatic carbocycles. The van der Waals surface area contributed by atoms with Crippen LogP contribution in [0, 0.1) is 5.92 Å². The molecule has 1 heterocycles. The molecule has 0 amide bonds. The third-order valence-electron chi connectivity index (χ3n) is 5.58. The van der Waals surface area contributed by atoms with Crippen LogP contribution in [-0.2, 0) is 4.74 Å². The second-order valence-electron chi connectivity index (χ2n) is 8.09. The van der Waals surface area contributed by atoms with E-state index in [1.165, 1.54) is 5.56 Å². The molecule has 0 aliphatic carbocycles. The molecule has 0 saturated carbocycles. The fourth-order valence-electron chi connectivity index (χ4n) is 4.21. The average Bonchev–Trinajstić information content (AvgIpc) is 2.68. The minimum Gasteiger partial charge on any atom is -0.507 e. The van der Waals surface area contributed by atoms with Gasteiger partial charge in [0.05, 0.1) is 12.7 Å². The van der Waals surface area contributed by atoms with E-state index in [-0.39, 0.29) is 11.4 Å². The molecule has 3 rings (SSSR count). The summed E-state index contributed by atoms with van der Waals surface area (Å²) >= 11 is 0. The van der Waals surface area contributed by atoms with Gasteiger partial charge in [0, 0.05) is 24.9 Å². The fourth-order valence-corrected chi connectivity index (χ4v) is 4.21. The number of phenols is 1. The van der Waals surface area contributed by atoms with E-state index in [4.69, 9.17) is 9.47 Å². The maximum absolute atomic E-state index is 9.91. The van der Waals surface area contributed by atoms with Crippen molar-refractivity contribution in [3.63, 3.8) is 0 Å². The predicted molar refractivity (Wildman–Crippen MR) is 114 cm³/mol. The number of hydrogen-bond acceptors (Lipinski definition) is 4. The molecule has 0 spiro atoms. The molecule has 1 saturated heterocycles. The highest BCUT2D eigenvalue weighted by molar-refractivity contribution is 5.83. The van der Waals surface area contributed by atoms with Crippen LogP contribution < -0.4 is 4.74 Å². The van der Waals surface area contributed by atoms with E-state index in [1.807, 2.05) is 30.3 Å². The van der Waals surface area contributed by atoms with Crippen LogP contribution in [0.2, 0.25) is 0 Å². The van der Waals surface area contributed by atoms with Crippen molar-refractivity contribution in [3.05, 3.63) is 59.7 Å². The van der Waals surface area contributed by atoms with E-state index in [1.54, 1.807) is 19.4 Å². The van der Waals surface area contributed by atoms with Crippen molar-refractivity contribution in [2.45, 2.75) is 44.6 Å². The first kappa shape index (κ1) is 20.4. The Kier molecular flexibility index (Phi) is 6.74. The summed E-state index contributed by atoms with van der Waals surface area (Å²) in [4.78, 5) is 4.60. The minimum atomic E-state index is -0.0950. The molecule has 0 bridgehead atoms. The largest absolute Gasteiger partial charge is 0.507 e. The lowest BCUT2D eigenvalue weighted by Crippen LogP contribution is -2.36. The molecular weight excluding hydrogens is 350 g/mol. The van der Waals surface area contributed by atoms with Crippen LogP contribution in [0.3, 0.4) is 0 Å². The molecule has 28 heavy (non-hydrogen) atoms. The van der Waals surface area contributed by atoms with Crippen LogP contribution >= 0.6 is 0 Å². The van der Waals surface area contributed by atoms with Crippen LogP contribution in [0.4, 0.5) is 0 Å². The second-order valence-corrected chi connectivity index (χ2v) is 8.09. The van der Waals surface area contributed by atoms with Crippen molar-refractivity contribution in [3.8, 4) is 11.5 Å². The molecule has 2 atom stereocenters. The Bertz CT molecular complexity index is 800. The molecule has 150 valence electrons. The summed E-state index contributed by atoms with van der Waals surface area (Å²) in [5.41, 5.74) is 1.91. The lowest BCUT2D eigenvalue weighted by molar-refractivity contribution is -0.0771. The summed E-state index contributed by atoms with van der Waals surface area (Å²) < 4.78 is 11.6. The summed E-state index contributed by atoms with van der Waals surface area (Å²) in [5.74, 6) is 2.10. The molecule has 0 radical (unpaired) electrons. The lowest BCUT2D eigenvalue weighted by atomic mass is 9.75. The second kappa shape index (κ2) is 9.24. The molecule has 4 heteroatoms. The Balaban J connectivity index is 1.77. The van der Waals surface area contributed by atoms with Crippen molar-refractivity contribution >= 4 is 6.21 Å². The van der Waals surface area contributed by atoms with Gasteiger partial charge in [-0.15, -0.1) is 0 Å². The van der Waals surface area contributed by atoms with Gasteiger partial charge in [-0.1, -0.05) is 30.3 Å². The molecule has 0 unspecified atom stereocenters. The Labute approximate surface area is 168 Å². The van der Waals surface area contributed by atoms with Gasteiger partial charge in [-0.25, -0.2) is 0 Å². The number of ether oxygens (including phenoxy) is 2. The van der Waals surface area contributed by atoms with Gasteiger partial charge in [0.1, 0.15) is 11.5 Å². The molecule has 4 nitrogen and oxygen atoms in total. The third-order valence-corrected chi connectivity index (χ3v) is 5.58. The predicted octanol–water partition coefficient (Wildman–Crippen LogP) is 5.20. The monoisotopic (exact) mass is 381 g/mol. The van der Waals surface area contributed by atoms with Crippen molar-refractivity contribution < 1.29 is 14.6 Å². The number of aliphatic imine (C=N–C) groups is 1. The highest BCUT2D eigenvalue weighted by Gasteiger charge is 2.34. The van der Waals surface area contributed by atoms with E-state index in [2.05, 4.69) is 31.0 Å². The number of phenolic OH excluding ortho intramolecular Hbond substituents is 1. The van der Waals surface area contributed by atoms with Crippen molar-refractivity contribution in [2.24, 2.45) is 10.9 Å². The first-order chi connectivity index (χ1) is 13.5. The Morgan fingerprint density at radius 1 is 1.21 bits per heavy atom. The van der Waals surface area contributed by atoms with Gasteiger partial charge >= 0.3 is 0 Å². The Hall–Kier alpha value is -2.33.